The third kappa shape index (κ3) is 3.82. The molecule has 1 aromatic rings. The maximum absolute atomic E-state index is 4.60. The third-order valence-corrected chi connectivity index (χ3v) is 1.94. The predicted octanol–water partition coefficient (Wildman–Crippen LogP) is 4.35. The molecule has 0 amide bonds. The van der Waals surface area contributed by atoms with Gasteiger partial charge in [0.05, 0.1) is 0 Å². The molecular formula is C13H20N-. The Bertz CT molecular complexity index is 287. The Kier molecular flexibility index (Phi) is 3.20. The van der Waals surface area contributed by atoms with Crippen LogP contribution in [0.5, 0.6) is 0 Å². The summed E-state index contributed by atoms with van der Waals surface area (Å²) in [4.78, 5) is 0. The van der Waals surface area contributed by atoms with Crippen LogP contribution in [0, 0.1) is 19.3 Å². The highest BCUT2D eigenvalue weighted by molar-refractivity contribution is 5.52. The molecule has 0 heterocycles. The second-order valence-corrected chi connectivity index (χ2v) is 5.22. The highest BCUT2D eigenvalue weighted by atomic mass is 14.9. The second-order valence-electron chi connectivity index (χ2n) is 5.22. The van der Waals surface area contributed by atoms with E-state index in [1.54, 1.807) is 0 Å². The van der Waals surface area contributed by atoms with Crippen LogP contribution in [-0.4, -0.2) is 6.54 Å². The van der Waals surface area contributed by atoms with Gasteiger partial charge in [-0.15, -0.1) is 12.2 Å². The lowest BCUT2D eigenvalue weighted by Gasteiger charge is -2.31. The van der Waals surface area contributed by atoms with Crippen LogP contribution in [0.2, 0.25) is 0 Å². The van der Waals surface area contributed by atoms with Gasteiger partial charge in [-0.25, -0.2) is 0 Å². The van der Waals surface area contributed by atoms with Crippen molar-refractivity contribution in [3.8, 4) is 0 Å². The molecule has 1 aromatic carbocycles. The molecule has 0 aliphatic rings. The number of rotatable bonds is 2. The number of aryl methyl sites for hydroxylation is 2. The molecule has 1 nitrogen and oxygen atoms in total. The van der Waals surface area contributed by atoms with E-state index >= 15 is 0 Å². The average molecular weight is 190 g/mol. The fourth-order valence-electron chi connectivity index (χ4n) is 1.37. The van der Waals surface area contributed by atoms with E-state index in [1.165, 1.54) is 11.1 Å². The Labute approximate surface area is 87.5 Å². The number of hydrogen-bond acceptors (Lipinski definition) is 0. The van der Waals surface area contributed by atoms with Gasteiger partial charge in [0, 0.05) is 0 Å². The van der Waals surface area contributed by atoms with E-state index in [0.717, 1.165) is 12.2 Å². The maximum Gasteiger partial charge on any atom is -0.0398 e. The van der Waals surface area contributed by atoms with Gasteiger partial charge >= 0.3 is 0 Å². The Morgan fingerprint density at radius 1 is 1.00 bits per heavy atom. The Morgan fingerprint density at radius 2 is 1.50 bits per heavy atom. The first-order valence-electron chi connectivity index (χ1n) is 5.13. The van der Waals surface area contributed by atoms with Crippen molar-refractivity contribution in [2.75, 3.05) is 6.54 Å². The fourth-order valence-corrected chi connectivity index (χ4v) is 1.37. The van der Waals surface area contributed by atoms with E-state index in [1.807, 2.05) is 0 Å². The van der Waals surface area contributed by atoms with Gasteiger partial charge in [0.2, 0.25) is 0 Å². The summed E-state index contributed by atoms with van der Waals surface area (Å²) in [6.07, 6.45) is 0. The van der Waals surface area contributed by atoms with Gasteiger partial charge in [-0.2, -0.15) is 0 Å². The molecule has 0 unspecified atom stereocenters. The van der Waals surface area contributed by atoms with E-state index < -0.39 is 0 Å². The summed E-state index contributed by atoms with van der Waals surface area (Å²) < 4.78 is 0. The van der Waals surface area contributed by atoms with Crippen LogP contribution in [0.15, 0.2) is 18.2 Å². The van der Waals surface area contributed by atoms with Crippen molar-refractivity contribution in [2.45, 2.75) is 34.6 Å². The van der Waals surface area contributed by atoms with E-state index in [-0.39, 0.29) is 5.41 Å². The van der Waals surface area contributed by atoms with Gasteiger partial charge < -0.3 is 5.32 Å². The minimum Gasteiger partial charge on any atom is -0.684 e. The summed E-state index contributed by atoms with van der Waals surface area (Å²) in [5, 5.41) is 4.60. The molecule has 0 N–H and O–H groups in total. The van der Waals surface area contributed by atoms with Crippen LogP contribution in [0.1, 0.15) is 31.9 Å². The number of nitrogens with zero attached hydrogens (tertiary/aromatic N) is 1. The summed E-state index contributed by atoms with van der Waals surface area (Å²) in [6.45, 7) is 11.7. The number of benzene rings is 1. The largest absolute Gasteiger partial charge is 0.684 e. The minimum absolute atomic E-state index is 0.275. The Hall–Kier alpha value is -0.980. The quantitative estimate of drug-likeness (QED) is 0.658. The molecule has 1 rings (SSSR count). The zero-order valence-corrected chi connectivity index (χ0v) is 9.89. The molecule has 0 aromatic heterocycles. The summed E-state index contributed by atoms with van der Waals surface area (Å²) in [7, 11) is 0. The lowest BCUT2D eigenvalue weighted by atomic mass is 9.97. The van der Waals surface area contributed by atoms with Crippen molar-refractivity contribution in [1.82, 2.24) is 0 Å². The standard InChI is InChI=1S/C13H20N/c1-10-6-11(2)8-12(7-10)14-9-13(3,4)5/h6-8H,9H2,1-5H3/q-1. The monoisotopic (exact) mass is 190 g/mol. The van der Waals surface area contributed by atoms with Crippen LogP contribution in [0.3, 0.4) is 0 Å². The van der Waals surface area contributed by atoms with Crippen LogP contribution >= 0.6 is 0 Å². The topological polar surface area (TPSA) is 14.1 Å². The second kappa shape index (κ2) is 4.04. The van der Waals surface area contributed by atoms with Crippen LogP contribution in [0.4, 0.5) is 5.69 Å². The van der Waals surface area contributed by atoms with Gasteiger partial charge in [0.1, 0.15) is 0 Å². The molecule has 78 valence electrons. The molecule has 0 spiro atoms. The molecule has 0 saturated carbocycles. The summed E-state index contributed by atoms with van der Waals surface area (Å²) in [5.74, 6) is 0. The van der Waals surface area contributed by atoms with E-state index in [9.17, 15) is 0 Å². The lowest BCUT2D eigenvalue weighted by molar-refractivity contribution is 0.451. The zero-order chi connectivity index (χ0) is 10.8. The van der Waals surface area contributed by atoms with E-state index in [4.69, 9.17) is 0 Å². The van der Waals surface area contributed by atoms with Crippen LogP contribution in [0.25, 0.3) is 5.32 Å². The molecule has 14 heavy (non-hydrogen) atoms. The highest BCUT2D eigenvalue weighted by Crippen LogP contribution is 2.26. The first kappa shape index (κ1) is 11.1. The van der Waals surface area contributed by atoms with E-state index in [2.05, 4.69) is 58.1 Å². The van der Waals surface area contributed by atoms with Crippen molar-refractivity contribution in [1.29, 1.82) is 0 Å². The first-order valence-corrected chi connectivity index (χ1v) is 5.13. The van der Waals surface area contributed by atoms with Crippen molar-refractivity contribution in [2.24, 2.45) is 5.41 Å². The molecule has 0 bridgehead atoms. The SMILES string of the molecule is Cc1cc(C)cc([N-]CC(C)(C)C)c1. The Morgan fingerprint density at radius 3 is 1.93 bits per heavy atom. The fraction of sp³-hybridized carbons (Fsp3) is 0.538. The van der Waals surface area contributed by atoms with Gasteiger partial charge in [-0.05, 0) is 13.8 Å². The normalized spacial score (nSPS) is 11.5. The molecule has 0 radical (unpaired) electrons. The van der Waals surface area contributed by atoms with Crippen LogP contribution < -0.4 is 0 Å². The van der Waals surface area contributed by atoms with Crippen molar-refractivity contribution < 1.29 is 0 Å². The molecule has 0 saturated heterocycles. The summed E-state index contributed by atoms with van der Waals surface area (Å²) in [6, 6.07) is 6.45. The molecular weight excluding hydrogens is 170 g/mol. The van der Waals surface area contributed by atoms with Gasteiger partial charge in [-0.3, -0.25) is 0 Å². The number of hydrogen-bond donors (Lipinski definition) is 0. The van der Waals surface area contributed by atoms with Gasteiger partial charge in [0.25, 0.3) is 0 Å². The Balaban J connectivity index is 2.68. The molecule has 0 aliphatic heterocycles. The van der Waals surface area contributed by atoms with Gasteiger partial charge in [0.15, 0.2) is 0 Å². The van der Waals surface area contributed by atoms with E-state index in [0.29, 0.717) is 0 Å². The van der Waals surface area contributed by atoms with Gasteiger partial charge in [-0.1, -0.05) is 55.5 Å². The maximum atomic E-state index is 4.60. The average Bonchev–Trinajstić information content (AvgIpc) is 1.97. The summed E-state index contributed by atoms with van der Waals surface area (Å²) in [5.41, 5.74) is 3.96. The first-order chi connectivity index (χ1) is 6.37. The zero-order valence-electron chi connectivity index (χ0n) is 9.89. The third-order valence-electron chi connectivity index (χ3n) is 1.94. The molecule has 0 atom stereocenters. The lowest BCUT2D eigenvalue weighted by Crippen LogP contribution is -2.09. The minimum atomic E-state index is 0.275. The van der Waals surface area contributed by atoms with Crippen molar-refractivity contribution >= 4 is 5.69 Å². The predicted molar refractivity (Wildman–Crippen MR) is 63.3 cm³/mol. The van der Waals surface area contributed by atoms with Crippen molar-refractivity contribution in [3.63, 3.8) is 0 Å². The summed E-state index contributed by atoms with van der Waals surface area (Å²) >= 11 is 0. The van der Waals surface area contributed by atoms with Crippen LogP contribution in [-0.2, 0) is 0 Å². The highest BCUT2D eigenvalue weighted by Gasteiger charge is 2.02. The molecule has 0 fully saturated rings. The van der Waals surface area contributed by atoms with Crippen molar-refractivity contribution in [3.05, 3.63) is 34.6 Å². The molecule has 1 heteroatoms. The smallest absolute Gasteiger partial charge is 0.0398 e. The molecule has 0 aliphatic carbocycles.